The van der Waals surface area contributed by atoms with Crippen LogP contribution in [0.25, 0.3) is 0 Å². The van der Waals surface area contributed by atoms with Crippen molar-refractivity contribution in [2.45, 2.75) is 23.6 Å². The van der Waals surface area contributed by atoms with E-state index in [0.29, 0.717) is 24.1 Å². The number of ether oxygens (including phenoxy) is 3. The van der Waals surface area contributed by atoms with Crippen LogP contribution in [-0.2, 0) is 20.7 Å². The third-order valence-electron chi connectivity index (χ3n) is 5.18. The average molecular weight is 563 g/mol. The number of hydrogen-bond acceptors (Lipinski definition) is 8. The molecule has 1 aromatic heterocycles. The van der Waals surface area contributed by atoms with Crippen LogP contribution >= 0.6 is 21.0 Å². The topological polar surface area (TPSA) is 104 Å². The van der Waals surface area contributed by atoms with E-state index in [1.807, 2.05) is 0 Å². The van der Waals surface area contributed by atoms with Gasteiger partial charge in [-0.3, -0.25) is 19.9 Å². The molecule has 0 aliphatic carbocycles. The van der Waals surface area contributed by atoms with Gasteiger partial charge in [-0.2, -0.15) is 20.5 Å². The molecule has 0 aliphatic rings. The fraction of sp³-hybridized carbons (Fsp3) is 0.231. The summed E-state index contributed by atoms with van der Waals surface area (Å²) in [5.41, 5.74) is 1.60. The van der Waals surface area contributed by atoms with Crippen LogP contribution in [-0.4, -0.2) is 47.2 Å². The lowest BCUT2D eigenvalue weighted by atomic mass is 10.1. The fourth-order valence-corrected chi connectivity index (χ4v) is 4.11. The van der Waals surface area contributed by atoms with Gasteiger partial charge in [-0.1, -0.05) is 24.3 Å². The van der Waals surface area contributed by atoms with E-state index in [0.717, 1.165) is 5.56 Å². The fourth-order valence-electron chi connectivity index (χ4n) is 3.33. The van der Waals surface area contributed by atoms with Gasteiger partial charge in [0.25, 0.3) is 0 Å². The lowest BCUT2D eigenvalue weighted by Gasteiger charge is -2.20. The minimum atomic E-state index is -3.42. The highest BCUT2D eigenvalue weighted by Crippen LogP contribution is 2.29. The summed E-state index contributed by atoms with van der Waals surface area (Å²) in [6, 6.07) is 15.9. The van der Waals surface area contributed by atoms with Crippen LogP contribution < -0.4 is 14.8 Å². The number of benzene rings is 2. The predicted octanol–water partition coefficient (Wildman–Crippen LogP) is 4.41. The number of imide groups is 1. The number of hydrogen-bond donors (Lipinski definition) is 1. The summed E-state index contributed by atoms with van der Waals surface area (Å²) < 4.78 is 42.3. The van der Waals surface area contributed by atoms with Gasteiger partial charge < -0.3 is 14.2 Å². The van der Waals surface area contributed by atoms with Crippen molar-refractivity contribution in [1.29, 1.82) is 0 Å². The van der Waals surface area contributed by atoms with Crippen LogP contribution in [0.5, 0.6) is 11.5 Å². The van der Waals surface area contributed by atoms with E-state index in [2.05, 4.69) is 15.0 Å². The number of thioether (sulfide) groups is 1. The first-order valence-electron chi connectivity index (χ1n) is 11.2. The highest BCUT2D eigenvalue weighted by molar-refractivity contribution is 7.99. The zero-order chi connectivity index (χ0) is 27.5. The number of rotatable bonds is 13. The van der Waals surface area contributed by atoms with E-state index in [4.69, 9.17) is 9.47 Å². The number of esters is 1. The quantitative estimate of drug-likeness (QED) is 0.186. The second-order valence-electron chi connectivity index (χ2n) is 7.88. The van der Waals surface area contributed by atoms with Crippen LogP contribution in [0.15, 0.2) is 73.1 Å². The van der Waals surface area contributed by atoms with Gasteiger partial charge in [0.2, 0.25) is 12.3 Å². The number of nitrogens with zero attached hydrogens (tertiary/aromatic N) is 1. The van der Waals surface area contributed by atoms with E-state index in [9.17, 15) is 23.2 Å². The molecule has 12 heteroatoms. The van der Waals surface area contributed by atoms with Crippen molar-refractivity contribution >= 4 is 39.3 Å². The van der Waals surface area contributed by atoms with E-state index in [1.54, 1.807) is 42.7 Å². The number of amides is 2. The highest BCUT2D eigenvalue weighted by atomic mass is 32.2. The minimum Gasteiger partial charge on any atom is -0.489 e. The molecule has 0 saturated heterocycles. The van der Waals surface area contributed by atoms with E-state index >= 15 is 0 Å². The molecular formula is C26H25F2N2O6PS. The molecule has 1 heterocycles. The van der Waals surface area contributed by atoms with Crippen molar-refractivity contribution in [1.82, 2.24) is 10.3 Å². The van der Waals surface area contributed by atoms with Gasteiger partial charge in [0.15, 0.2) is 6.10 Å². The van der Waals surface area contributed by atoms with Gasteiger partial charge in [0.1, 0.15) is 18.1 Å². The first-order chi connectivity index (χ1) is 18.2. The minimum absolute atomic E-state index is 0.0621. The normalized spacial score (nSPS) is 12.6. The van der Waals surface area contributed by atoms with Crippen LogP contribution in [0.4, 0.5) is 8.78 Å². The maximum Gasteiger partial charge on any atom is 0.408 e. The van der Waals surface area contributed by atoms with E-state index < -0.39 is 23.2 Å². The Hall–Kier alpha value is -3.56. The van der Waals surface area contributed by atoms with Crippen molar-refractivity contribution in [3.63, 3.8) is 0 Å². The van der Waals surface area contributed by atoms with Gasteiger partial charge in [-0.15, -0.1) is 0 Å². The van der Waals surface area contributed by atoms with Gasteiger partial charge in [-0.05, 0) is 69.4 Å². The molecule has 2 amide bonds. The summed E-state index contributed by atoms with van der Waals surface area (Å²) in [4.78, 5) is 39.1. The molecule has 0 spiro atoms. The third-order valence-corrected chi connectivity index (χ3v) is 6.24. The zero-order valence-electron chi connectivity index (χ0n) is 20.2. The smallest absolute Gasteiger partial charge is 0.408 e. The molecular weight excluding hydrogens is 537 g/mol. The number of alkyl halides is 2. The summed E-state index contributed by atoms with van der Waals surface area (Å²) in [7, 11) is 1.30. The number of pyridine rings is 1. The van der Waals surface area contributed by atoms with Crippen LogP contribution in [0.3, 0.4) is 0 Å². The summed E-state index contributed by atoms with van der Waals surface area (Å²) >= 11 is 1.33. The first-order valence-corrected chi connectivity index (χ1v) is 13.1. The van der Waals surface area contributed by atoms with Crippen molar-refractivity contribution in [3.05, 3.63) is 89.7 Å². The molecule has 0 bridgehead atoms. The maximum atomic E-state index is 13.1. The Morgan fingerprint density at radius 3 is 2.37 bits per heavy atom. The standard InChI is InChI=1S/C26H25F2N2O6PS/c1-38-23(24(32)30-16-31)13-17-4-8-20(9-5-17)34-15-22(35-25(33)19-3-2-12-29-14-19)18-6-10-21(11-7-18)36-26(27,28)37/h2-12,14,16,22-23H,13,15,37H2,1H3,(H,30,31,32). The van der Waals surface area contributed by atoms with Gasteiger partial charge in [-0.25, -0.2) is 4.79 Å². The van der Waals surface area contributed by atoms with Gasteiger partial charge in [0.05, 0.1) is 10.8 Å². The molecule has 2 aromatic carbocycles. The summed E-state index contributed by atoms with van der Waals surface area (Å²) in [5.74, 6) is -4.00. The number of carbonyl (C=O) groups is 3. The summed E-state index contributed by atoms with van der Waals surface area (Å²) in [5, 5.41) is 1.73. The molecule has 1 N–H and O–H groups in total. The molecule has 0 fully saturated rings. The number of carbonyl (C=O) groups excluding carboxylic acids is 3. The van der Waals surface area contributed by atoms with Crippen molar-refractivity contribution in [2.24, 2.45) is 0 Å². The molecule has 3 rings (SSSR count). The Morgan fingerprint density at radius 1 is 1.11 bits per heavy atom. The second kappa shape index (κ2) is 13.8. The lowest BCUT2D eigenvalue weighted by molar-refractivity contribution is -0.124. The average Bonchev–Trinajstić information content (AvgIpc) is 2.90. The van der Waals surface area contributed by atoms with Crippen LogP contribution in [0, 0.1) is 0 Å². The van der Waals surface area contributed by atoms with Gasteiger partial charge in [0, 0.05) is 12.4 Å². The first kappa shape index (κ1) is 29.0. The molecule has 0 radical (unpaired) electrons. The molecule has 38 heavy (non-hydrogen) atoms. The molecule has 0 aliphatic heterocycles. The van der Waals surface area contributed by atoms with Crippen molar-refractivity contribution in [3.8, 4) is 11.5 Å². The van der Waals surface area contributed by atoms with Gasteiger partial charge >= 0.3 is 11.8 Å². The molecule has 3 atom stereocenters. The van der Waals surface area contributed by atoms with Crippen LogP contribution in [0.1, 0.15) is 27.6 Å². The molecule has 0 saturated carbocycles. The Labute approximate surface area is 224 Å². The summed E-state index contributed by atoms with van der Waals surface area (Å²) in [6.45, 7) is -0.0689. The van der Waals surface area contributed by atoms with E-state index in [1.165, 1.54) is 57.7 Å². The Kier molecular flexibility index (Phi) is 10.6. The highest BCUT2D eigenvalue weighted by Gasteiger charge is 2.24. The van der Waals surface area contributed by atoms with Crippen LogP contribution in [0.2, 0.25) is 0 Å². The number of nitrogens with one attached hydrogen (secondary N) is 1. The largest absolute Gasteiger partial charge is 0.489 e. The monoisotopic (exact) mass is 562 g/mol. The van der Waals surface area contributed by atoms with Crippen molar-refractivity contribution < 1.29 is 37.4 Å². The number of halogens is 2. The molecule has 3 unspecified atom stereocenters. The Balaban J connectivity index is 1.71. The van der Waals surface area contributed by atoms with Crippen molar-refractivity contribution in [2.75, 3.05) is 12.9 Å². The lowest BCUT2D eigenvalue weighted by Crippen LogP contribution is -2.32. The predicted molar refractivity (Wildman–Crippen MR) is 141 cm³/mol. The Morgan fingerprint density at radius 2 is 1.79 bits per heavy atom. The second-order valence-corrected chi connectivity index (χ2v) is 9.59. The zero-order valence-corrected chi connectivity index (χ0v) is 22.2. The maximum absolute atomic E-state index is 13.1. The third kappa shape index (κ3) is 9.08. The summed E-state index contributed by atoms with van der Waals surface area (Å²) in [6.07, 6.45) is 4.58. The number of aromatic nitrogens is 1. The molecule has 3 aromatic rings. The Bertz CT molecular complexity index is 1210. The SMILES string of the molecule is CSC(Cc1ccc(OCC(OC(=O)c2cccnc2)c2ccc(OC(F)(F)P)cc2)cc1)C(=O)NC=O. The van der Waals surface area contributed by atoms with E-state index in [-0.39, 0.29) is 23.8 Å². The molecule has 8 nitrogen and oxygen atoms in total. The molecule has 200 valence electrons.